The summed E-state index contributed by atoms with van der Waals surface area (Å²) in [7, 11) is -2.94. The highest BCUT2D eigenvalue weighted by molar-refractivity contribution is 7.98. The Labute approximate surface area is 119 Å². The summed E-state index contributed by atoms with van der Waals surface area (Å²) in [6.45, 7) is 0. The number of hydrogen-bond acceptors (Lipinski definition) is 5. The molecule has 0 radical (unpaired) electrons. The van der Waals surface area contributed by atoms with E-state index in [1.54, 1.807) is 3.97 Å². The van der Waals surface area contributed by atoms with Gasteiger partial charge in [-0.3, -0.25) is 8.77 Å². The second kappa shape index (κ2) is 4.78. The predicted molar refractivity (Wildman–Crippen MR) is 76.6 cm³/mol. The van der Waals surface area contributed by atoms with Crippen molar-refractivity contribution in [1.29, 1.82) is 0 Å². The van der Waals surface area contributed by atoms with Crippen LogP contribution in [0.3, 0.4) is 0 Å². The number of rotatable bonds is 4. The Balaban J connectivity index is 2.01. The monoisotopic (exact) mass is 312 g/mol. The number of para-hydroxylation sites is 2. The van der Waals surface area contributed by atoms with Crippen LogP contribution in [0.2, 0.25) is 0 Å². The van der Waals surface area contributed by atoms with Gasteiger partial charge in [-0.25, -0.2) is 13.4 Å². The number of carboxylic acids is 1. The molecule has 1 aliphatic rings. The van der Waals surface area contributed by atoms with Crippen molar-refractivity contribution in [3.05, 3.63) is 30.1 Å². The van der Waals surface area contributed by atoms with E-state index in [0.29, 0.717) is 5.82 Å². The Morgan fingerprint density at radius 1 is 1.40 bits per heavy atom. The molecule has 1 fully saturated rings. The summed E-state index contributed by atoms with van der Waals surface area (Å²) in [6.07, 6.45) is 0. The molecule has 8 heteroatoms. The lowest BCUT2D eigenvalue weighted by atomic mass is 10.2. The summed E-state index contributed by atoms with van der Waals surface area (Å²) in [5.41, 5.74) is 1.57. The molecule has 0 aliphatic carbocycles. The Bertz CT molecular complexity index is 770. The van der Waals surface area contributed by atoms with E-state index in [4.69, 9.17) is 5.11 Å². The van der Waals surface area contributed by atoms with E-state index in [1.807, 2.05) is 24.3 Å². The lowest BCUT2D eigenvalue weighted by Gasteiger charge is -2.25. The average Bonchev–Trinajstić information content (AvgIpc) is 2.71. The van der Waals surface area contributed by atoms with E-state index >= 15 is 0 Å². The summed E-state index contributed by atoms with van der Waals surface area (Å²) >= 11 is 1.13. The van der Waals surface area contributed by atoms with Crippen LogP contribution in [0, 0.1) is 0 Å². The number of carbonyl (C=O) groups is 1. The second-order valence-corrected chi connectivity index (χ2v) is 7.76. The Morgan fingerprint density at radius 2 is 2.10 bits per heavy atom. The molecule has 3 rings (SSSR count). The largest absolute Gasteiger partial charge is 0.481 e. The third-order valence-corrected chi connectivity index (χ3v) is 5.97. The summed E-state index contributed by atoms with van der Waals surface area (Å²) < 4.78 is 24.4. The summed E-state index contributed by atoms with van der Waals surface area (Å²) in [5, 5.41) is 8.82. The molecule has 0 atom stereocenters. The van der Waals surface area contributed by atoms with Crippen LogP contribution >= 0.6 is 11.9 Å². The predicted octanol–water partition coefficient (Wildman–Crippen LogP) is 1.13. The second-order valence-electron chi connectivity index (χ2n) is 4.69. The highest BCUT2D eigenvalue weighted by Gasteiger charge is 2.38. The molecule has 0 amide bonds. The molecule has 2 aromatic rings. The van der Waals surface area contributed by atoms with Gasteiger partial charge in [-0.2, -0.15) is 0 Å². The zero-order chi connectivity index (χ0) is 14.3. The van der Waals surface area contributed by atoms with E-state index in [0.717, 1.165) is 23.0 Å². The lowest BCUT2D eigenvalue weighted by Crippen LogP contribution is -2.35. The van der Waals surface area contributed by atoms with E-state index in [2.05, 4.69) is 4.98 Å². The fourth-order valence-electron chi connectivity index (χ4n) is 2.25. The van der Waals surface area contributed by atoms with Gasteiger partial charge in [-0.15, -0.1) is 0 Å². The molecule has 6 nitrogen and oxygen atoms in total. The molecule has 1 aromatic carbocycles. The van der Waals surface area contributed by atoms with E-state index in [9.17, 15) is 13.2 Å². The van der Waals surface area contributed by atoms with Gasteiger partial charge in [-0.05, 0) is 24.1 Å². The quantitative estimate of drug-likeness (QED) is 0.910. The molecule has 0 spiro atoms. The van der Waals surface area contributed by atoms with Crippen LogP contribution in [0.15, 0.2) is 24.3 Å². The van der Waals surface area contributed by atoms with Gasteiger partial charge < -0.3 is 5.11 Å². The molecule has 20 heavy (non-hydrogen) atoms. The summed E-state index contributed by atoms with van der Waals surface area (Å²) in [5.74, 6) is -0.332. The van der Waals surface area contributed by atoms with Crippen molar-refractivity contribution in [2.75, 3.05) is 17.3 Å². The van der Waals surface area contributed by atoms with Crippen LogP contribution in [0.5, 0.6) is 0 Å². The minimum Gasteiger partial charge on any atom is -0.481 e. The molecule has 0 saturated carbocycles. The molecule has 106 valence electrons. The maximum atomic E-state index is 11.3. The van der Waals surface area contributed by atoms with Crippen molar-refractivity contribution < 1.29 is 18.3 Å². The van der Waals surface area contributed by atoms with E-state index < -0.39 is 15.8 Å². The first-order valence-electron chi connectivity index (χ1n) is 5.99. The van der Waals surface area contributed by atoms with Crippen LogP contribution in [0.25, 0.3) is 11.0 Å². The molecule has 0 unspecified atom stereocenters. The van der Waals surface area contributed by atoms with Crippen LogP contribution in [-0.4, -0.2) is 45.7 Å². The smallest absolute Gasteiger partial charge is 0.315 e. The number of aliphatic carboxylic acids is 1. The van der Waals surface area contributed by atoms with Crippen molar-refractivity contribution in [3.63, 3.8) is 0 Å². The first-order valence-corrected chi connectivity index (χ1v) is 8.75. The summed E-state index contributed by atoms with van der Waals surface area (Å²) in [4.78, 5) is 15.2. The number of fused-ring (bicyclic) bond motifs is 1. The number of carboxylic acid groups (broad SMARTS) is 1. The number of benzene rings is 1. The lowest BCUT2D eigenvalue weighted by molar-refractivity contribution is -0.133. The molecule has 1 aliphatic heterocycles. The van der Waals surface area contributed by atoms with Crippen LogP contribution < -0.4 is 0 Å². The SMILES string of the molecule is O=C(O)CSn1c(C2CS(=O)(=O)C2)nc2ccccc21. The Kier molecular flexibility index (Phi) is 3.21. The molecule has 1 saturated heterocycles. The average molecular weight is 312 g/mol. The van der Waals surface area contributed by atoms with Gasteiger partial charge in [-0.1, -0.05) is 12.1 Å². The third-order valence-electron chi connectivity index (χ3n) is 3.14. The van der Waals surface area contributed by atoms with Crippen LogP contribution in [-0.2, 0) is 14.6 Å². The topological polar surface area (TPSA) is 89.3 Å². The van der Waals surface area contributed by atoms with Crippen LogP contribution in [0.1, 0.15) is 11.7 Å². The Hall–Kier alpha value is -1.54. The fraction of sp³-hybridized carbons (Fsp3) is 0.333. The summed E-state index contributed by atoms with van der Waals surface area (Å²) in [6, 6.07) is 7.39. The van der Waals surface area contributed by atoms with Crippen molar-refractivity contribution in [3.8, 4) is 0 Å². The number of nitrogens with zero attached hydrogens (tertiary/aromatic N) is 2. The molecule has 1 aromatic heterocycles. The first kappa shape index (κ1) is 13.4. The van der Waals surface area contributed by atoms with Gasteiger partial charge in [0.2, 0.25) is 0 Å². The highest BCUT2D eigenvalue weighted by atomic mass is 32.2. The standard InChI is InChI=1S/C12H12N2O4S2/c15-11(16)5-19-14-10-4-2-1-3-9(10)13-12(14)8-6-20(17,18)7-8/h1-4,8H,5-7H2,(H,15,16). The zero-order valence-corrected chi connectivity index (χ0v) is 12.0. The van der Waals surface area contributed by atoms with Crippen molar-refractivity contribution in [1.82, 2.24) is 8.96 Å². The van der Waals surface area contributed by atoms with Gasteiger partial charge in [0.25, 0.3) is 0 Å². The first-order chi connectivity index (χ1) is 9.46. The third kappa shape index (κ3) is 2.40. The van der Waals surface area contributed by atoms with Gasteiger partial charge >= 0.3 is 5.97 Å². The highest BCUT2D eigenvalue weighted by Crippen LogP contribution is 2.33. The molecule has 1 N–H and O–H groups in total. The molecule has 0 bridgehead atoms. The van der Waals surface area contributed by atoms with Crippen molar-refractivity contribution >= 4 is 38.8 Å². The van der Waals surface area contributed by atoms with Crippen molar-refractivity contribution in [2.24, 2.45) is 0 Å². The minimum absolute atomic E-state index is 0.0873. The zero-order valence-electron chi connectivity index (χ0n) is 10.4. The maximum Gasteiger partial charge on any atom is 0.315 e. The van der Waals surface area contributed by atoms with E-state index in [-0.39, 0.29) is 23.2 Å². The van der Waals surface area contributed by atoms with Gasteiger partial charge in [0.1, 0.15) is 11.6 Å². The minimum atomic E-state index is -2.94. The number of hydrogen-bond donors (Lipinski definition) is 1. The van der Waals surface area contributed by atoms with Gasteiger partial charge in [0.15, 0.2) is 9.84 Å². The van der Waals surface area contributed by atoms with Gasteiger partial charge in [0.05, 0.1) is 22.5 Å². The van der Waals surface area contributed by atoms with E-state index in [1.165, 1.54) is 0 Å². The number of aromatic nitrogens is 2. The normalized spacial score (nSPS) is 18.0. The fourth-order valence-corrected chi connectivity index (χ4v) is 4.53. The van der Waals surface area contributed by atoms with Gasteiger partial charge in [0, 0.05) is 5.92 Å². The molecular formula is C12H12N2O4S2. The van der Waals surface area contributed by atoms with Crippen molar-refractivity contribution in [2.45, 2.75) is 5.92 Å². The molecule has 2 heterocycles. The Morgan fingerprint density at radius 3 is 2.75 bits per heavy atom. The van der Waals surface area contributed by atoms with Crippen LogP contribution in [0.4, 0.5) is 0 Å². The maximum absolute atomic E-state index is 11.3. The molecular weight excluding hydrogens is 300 g/mol. The number of imidazole rings is 1. The number of sulfone groups is 1.